The van der Waals surface area contributed by atoms with Gasteiger partial charge in [-0.1, -0.05) is 0 Å². The highest BCUT2D eigenvalue weighted by molar-refractivity contribution is 7.80. The lowest BCUT2D eigenvalue weighted by molar-refractivity contribution is 0.340. The van der Waals surface area contributed by atoms with E-state index in [0.29, 0.717) is 6.04 Å². The van der Waals surface area contributed by atoms with Gasteiger partial charge < -0.3 is 4.90 Å². The van der Waals surface area contributed by atoms with Crippen molar-refractivity contribution in [1.29, 1.82) is 0 Å². The molecular weight excluding hydrogens is 106 g/mol. The SMILES string of the molecule is C[C@@H](CS)N(C)C. The van der Waals surface area contributed by atoms with Crippen molar-refractivity contribution in [2.24, 2.45) is 0 Å². The predicted molar refractivity (Wildman–Crippen MR) is 37.0 cm³/mol. The Kier molecular flexibility index (Phi) is 3.48. The van der Waals surface area contributed by atoms with Gasteiger partial charge in [0.05, 0.1) is 0 Å². The molecule has 0 aliphatic heterocycles. The third-order valence-electron chi connectivity index (χ3n) is 1.15. The van der Waals surface area contributed by atoms with E-state index >= 15 is 0 Å². The molecule has 0 saturated carbocycles. The fourth-order valence-electron chi connectivity index (χ4n) is 0.163. The van der Waals surface area contributed by atoms with Gasteiger partial charge in [-0.25, -0.2) is 0 Å². The molecule has 2 heteroatoms. The fraction of sp³-hybridized carbons (Fsp3) is 1.00. The monoisotopic (exact) mass is 119 g/mol. The van der Waals surface area contributed by atoms with Crippen molar-refractivity contribution in [2.75, 3.05) is 19.8 Å². The molecule has 0 aromatic heterocycles. The molecule has 0 spiro atoms. The molecule has 0 bridgehead atoms. The zero-order valence-electron chi connectivity index (χ0n) is 5.18. The number of hydrogen-bond acceptors (Lipinski definition) is 2. The summed E-state index contributed by atoms with van der Waals surface area (Å²) in [6.07, 6.45) is 0. The van der Waals surface area contributed by atoms with Gasteiger partial charge in [-0.15, -0.1) is 0 Å². The molecule has 44 valence electrons. The Morgan fingerprint density at radius 2 is 2.00 bits per heavy atom. The quantitative estimate of drug-likeness (QED) is 0.528. The molecule has 1 atom stereocenters. The maximum atomic E-state index is 4.11. The second-order valence-corrected chi connectivity index (χ2v) is 2.36. The minimum absolute atomic E-state index is 0.600. The van der Waals surface area contributed by atoms with Crippen LogP contribution in [0.1, 0.15) is 6.92 Å². The summed E-state index contributed by atoms with van der Waals surface area (Å²) >= 11 is 4.11. The van der Waals surface area contributed by atoms with Crippen LogP contribution in [0.25, 0.3) is 0 Å². The third kappa shape index (κ3) is 2.94. The minimum Gasteiger partial charge on any atom is -0.306 e. The van der Waals surface area contributed by atoms with Gasteiger partial charge in [-0.2, -0.15) is 12.6 Å². The van der Waals surface area contributed by atoms with Gasteiger partial charge in [0.25, 0.3) is 0 Å². The van der Waals surface area contributed by atoms with Crippen molar-refractivity contribution in [3.8, 4) is 0 Å². The van der Waals surface area contributed by atoms with Crippen LogP contribution in [0.15, 0.2) is 0 Å². The molecule has 0 aromatic carbocycles. The lowest BCUT2D eigenvalue weighted by Crippen LogP contribution is -2.25. The maximum absolute atomic E-state index is 4.11. The summed E-state index contributed by atoms with van der Waals surface area (Å²) in [6, 6.07) is 0.600. The van der Waals surface area contributed by atoms with Crippen LogP contribution in [0.5, 0.6) is 0 Å². The first kappa shape index (κ1) is 7.31. The second kappa shape index (κ2) is 3.33. The van der Waals surface area contributed by atoms with Crippen molar-refractivity contribution in [3.63, 3.8) is 0 Å². The standard InChI is InChI=1S/C5H13NS/c1-5(4-7)6(2)3/h5,7H,4H2,1-3H3/t5-/m0/s1. The molecular formula is C5H13NS. The predicted octanol–water partition coefficient (Wildman–Crippen LogP) is 0.866. The molecule has 0 aliphatic carbocycles. The van der Waals surface area contributed by atoms with Gasteiger partial charge in [0, 0.05) is 11.8 Å². The van der Waals surface area contributed by atoms with Gasteiger partial charge in [-0.3, -0.25) is 0 Å². The van der Waals surface area contributed by atoms with Gasteiger partial charge in [0.15, 0.2) is 0 Å². The Bertz CT molecular complexity index is 45.3. The van der Waals surface area contributed by atoms with Gasteiger partial charge in [0.2, 0.25) is 0 Å². The lowest BCUT2D eigenvalue weighted by atomic mass is 10.4. The van der Waals surface area contributed by atoms with Gasteiger partial charge in [0.1, 0.15) is 0 Å². The van der Waals surface area contributed by atoms with E-state index < -0.39 is 0 Å². The summed E-state index contributed by atoms with van der Waals surface area (Å²) in [5.41, 5.74) is 0. The molecule has 0 amide bonds. The number of thiol groups is 1. The summed E-state index contributed by atoms with van der Waals surface area (Å²) in [6.45, 7) is 2.15. The summed E-state index contributed by atoms with van der Waals surface area (Å²) in [7, 11) is 4.11. The highest BCUT2D eigenvalue weighted by Crippen LogP contribution is 1.91. The Labute approximate surface area is 51.1 Å². The molecule has 0 N–H and O–H groups in total. The normalized spacial score (nSPS) is 15.0. The maximum Gasteiger partial charge on any atom is 0.0149 e. The minimum atomic E-state index is 0.600. The van der Waals surface area contributed by atoms with E-state index in [4.69, 9.17) is 0 Å². The highest BCUT2D eigenvalue weighted by atomic mass is 32.1. The van der Waals surface area contributed by atoms with E-state index in [1.807, 2.05) is 0 Å². The zero-order valence-corrected chi connectivity index (χ0v) is 6.07. The van der Waals surface area contributed by atoms with Crippen molar-refractivity contribution in [2.45, 2.75) is 13.0 Å². The Hall–Kier alpha value is 0.310. The Morgan fingerprint density at radius 1 is 1.57 bits per heavy atom. The number of rotatable bonds is 2. The first-order valence-corrected chi connectivity index (χ1v) is 3.09. The van der Waals surface area contributed by atoms with Crippen molar-refractivity contribution >= 4 is 12.6 Å². The van der Waals surface area contributed by atoms with Crippen LogP contribution >= 0.6 is 12.6 Å². The first-order chi connectivity index (χ1) is 3.18. The molecule has 7 heavy (non-hydrogen) atoms. The van der Waals surface area contributed by atoms with Crippen molar-refractivity contribution in [1.82, 2.24) is 4.90 Å². The van der Waals surface area contributed by atoms with Crippen LogP contribution in [0.2, 0.25) is 0 Å². The van der Waals surface area contributed by atoms with Crippen LogP contribution in [-0.2, 0) is 0 Å². The molecule has 0 saturated heterocycles. The van der Waals surface area contributed by atoms with Crippen molar-refractivity contribution in [3.05, 3.63) is 0 Å². The summed E-state index contributed by atoms with van der Waals surface area (Å²) in [5, 5.41) is 0. The molecule has 0 rings (SSSR count). The third-order valence-corrected chi connectivity index (χ3v) is 1.67. The Balaban J connectivity index is 3.14. The van der Waals surface area contributed by atoms with Crippen LogP contribution in [0.3, 0.4) is 0 Å². The van der Waals surface area contributed by atoms with Crippen LogP contribution < -0.4 is 0 Å². The van der Waals surface area contributed by atoms with E-state index in [1.165, 1.54) is 0 Å². The van der Waals surface area contributed by atoms with Crippen LogP contribution in [-0.4, -0.2) is 30.8 Å². The molecule has 0 radical (unpaired) electrons. The van der Waals surface area contributed by atoms with E-state index in [0.717, 1.165) is 5.75 Å². The molecule has 1 nitrogen and oxygen atoms in total. The van der Waals surface area contributed by atoms with Crippen molar-refractivity contribution < 1.29 is 0 Å². The smallest absolute Gasteiger partial charge is 0.0149 e. The van der Waals surface area contributed by atoms with E-state index in [-0.39, 0.29) is 0 Å². The van der Waals surface area contributed by atoms with Crippen LogP contribution in [0, 0.1) is 0 Å². The average molecular weight is 119 g/mol. The van der Waals surface area contributed by atoms with Crippen LogP contribution in [0.4, 0.5) is 0 Å². The van der Waals surface area contributed by atoms with E-state index in [1.54, 1.807) is 0 Å². The second-order valence-electron chi connectivity index (χ2n) is 2.00. The van der Waals surface area contributed by atoms with Gasteiger partial charge in [-0.05, 0) is 21.0 Å². The summed E-state index contributed by atoms with van der Waals surface area (Å²) in [4.78, 5) is 2.15. The molecule has 0 heterocycles. The largest absolute Gasteiger partial charge is 0.306 e. The lowest BCUT2D eigenvalue weighted by Gasteiger charge is -2.15. The first-order valence-electron chi connectivity index (χ1n) is 2.45. The number of nitrogens with zero attached hydrogens (tertiary/aromatic N) is 1. The Morgan fingerprint density at radius 3 is 2.00 bits per heavy atom. The molecule has 0 unspecified atom stereocenters. The zero-order chi connectivity index (χ0) is 5.86. The number of hydrogen-bond donors (Lipinski definition) is 1. The molecule has 0 fully saturated rings. The van der Waals surface area contributed by atoms with E-state index in [9.17, 15) is 0 Å². The van der Waals surface area contributed by atoms with E-state index in [2.05, 4.69) is 38.5 Å². The fourth-order valence-corrected chi connectivity index (χ4v) is 0.490. The van der Waals surface area contributed by atoms with Gasteiger partial charge >= 0.3 is 0 Å². The summed E-state index contributed by atoms with van der Waals surface area (Å²) < 4.78 is 0. The average Bonchev–Trinajstić information content (AvgIpc) is 1.65. The molecule has 0 aliphatic rings. The molecule has 0 aromatic rings. The summed E-state index contributed by atoms with van der Waals surface area (Å²) in [5.74, 6) is 0.938. The topological polar surface area (TPSA) is 3.24 Å². The highest BCUT2D eigenvalue weighted by Gasteiger charge is 1.97.